The second-order valence-electron chi connectivity index (χ2n) is 15.2. The summed E-state index contributed by atoms with van der Waals surface area (Å²) in [4.78, 5) is 28.0. The number of anilines is 1. The number of carbonyl (C=O) groups excluding carboxylic acids is 1. The molecule has 1 amide bonds. The van der Waals surface area contributed by atoms with Crippen molar-refractivity contribution >= 4 is 22.4 Å². The fraction of sp³-hybridized carbons (Fsp3) is 0.639. The lowest BCUT2D eigenvalue weighted by Crippen LogP contribution is -2.53. The number of nitriles is 1. The third kappa shape index (κ3) is 7.08. The molecule has 3 aromatic heterocycles. The van der Waals surface area contributed by atoms with Crippen LogP contribution in [-0.2, 0) is 16.6 Å². The minimum absolute atomic E-state index is 0.0797. The SMILES string of the molecule is C[C@H](Oc1cc(OC2C[C@@H](C)N(C(=O)OC(C)(C)C)[C@H](C)C2)cc(-c2noc([C@@]3(C)CCCc4sc(N)c(C#N)c43)n2)n1)[C@@H]1CCCN1C. The molecule has 2 aliphatic heterocycles. The molecule has 264 valence electrons. The molecule has 2 saturated heterocycles. The molecule has 2 N–H and O–H groups in total. The summed E-state index contributed by atoms with van der Waals surface area (Å²) in [5, 5.41) is 14.9. The first-order valence-corrected chi connectivity index (χ1v) is 18.2. The van der Waals surface area contributed by atoms with E-state index in [4.69, 9.17) is 34.4 Å². The first kappa shape index (κ1) is 35.0. The van der Waals surface area contributed by atoms with Crippen LogP contribution in [0.1, 0.15) is 109 Å². The van der Waals surface area contributed by atoms with Gasteiger partial charge in [0.15, 0.2) is 0 Å². The van der Waals surface area contributed by atoms with E-state index in [-0.39, 0.29) is 36.4 Å². The number of piperidine rings is 1. The van der Waals surface area contributed by atoms with Crippen LogP contribution in [0.25, 0.3) is 11.5 Å². The zero-order valence-electron chi connectivity index (χ0n) is 29.9. The zero-order valence-corrected chi connectivity index (χ0v) is 30.7. The average Bonchev–Trinajstić information content (AvgIpc) is 3.74. The van der Waals surface area contributed by atoms with Crippen molar-refractivity contribution in [1.82, 2.24) is 24.9 Å². The molecule has 3 aliphatic rings. The number of amides is 1. The van der Waals surface area contributed by atoms with Crippen molar-refractivity contribution < 1.29 is 23.5 Å². The van der Waals surface area contributed by atoms with Crippen LogP contribution in [0, 0.1) is 11.3 Å². The molecule has 0 saturated carbocycles. The van der Waals surface area contributed by atoms with Crippen LogP contribution in [-0.4, -0.2) is 80.5 Å². The van der Waals surface area contributed by atoms with Crippen LogP contribution >= 0.6 is 11.3 Å². The number of rotatable bonds is 7. The van der Waals surface area contributed by atoms with E-state index in [1.807, 2.05) is 58.6 Å². The van der Waals surface area contributed by atoms with E-state index in [1.165, 1.54) is 11.3 Å². The van der Waals surface area contributed by atoms with Crippen LogP contribution in [0.4, 0.5) is 9.80 Å². The normalized spacial score (nSPS) is 26.6. The molecule has 2 fully saturated rings. The predicted octanol–water partition coefficient (Wildman–Crippen LogP) is 6.71. The van der Waals surface area contributed by atoms with Crippen LogP contribution in [0.5, 0.6) is 11.6 Å². The predicted molar refractivity (Wildman–Crippen MR) is 187 cm³/mol. The summed E-state index contributed by atoms with van der Waals surface area (Å²) in [5.41, 5.74) is 6.89. The molecule has 5 atom stereocenters. The van der Waals surface area contributed by atoms with E-state index in [1.54, 1.807) is 0 Å². The molecule has 0 unspecified atom stereocenters. The molecular formula is C36H49N7O5S. The number of hydrogen-bond acceptors (Lipinski definition) is 12. The molecule has 49 heavy (non-hydrogen) atoms. The highest BCUT2D eigenvalue weighted by molar-refractivity contribution is 7.16. The third-order valence-electron chi connectivity index (χ3n) is 10.1. The van der Waals surface area contributed by atoms with Gasteiger partial charge in [-0.15, -0.1) is 11.3 Å². The number of likely N-dealkylation sites (tertiary alicyclic amines) is 2. The fourth-order valence-corrected chi connectivity index (χ4v) is 9.06. The first-order valence-electron chi connectivity index (χ1n) is 17.4. The number of ether oxygens (including phenoxy) is 3. The number of nitrogens with two attached hydrogens (primary N) is 1. The Kier molecular flexibility index (Phi) is 9.58. The van der Waals surface area contributed by atoms with Gasteiger partial charge in [-0.05, 0) is 94.2 Å². The van der Waals surface area contributed by atoms with Crippen LogP contribution in [0.15, 0.2) is 16.7 Å². The van der Waals surface area contributed by atoms with Crippen LogP contribution in [0.2, 0.25) is 0 Å². The Morgan fingerprint density at radius 2 is 1.94 bits per heavy atom. The van der Waals surface area contributed by atoms with Crippen molar-refractivity contribution in [2.24, 2.45) is 0 Å². The van der Waals surface area contributed by atoms with E-state index in [0.717, 1.165) is 49.1 Å². The molecule has 12 nitrogen and oxygen atoms in total. The minimum atomic E-state index is -0.651. The minimum Gasteiger partial charge on any atom is -0.490 e. The van der Waals surface area contributed by atoms with E-state index >= 15 is 0 Å². The highest BCUT2D eigenvalue weighted by Gasteiger charge is 2.43. The zero-order chi connectivity index (χ0) is 35.2. The summed E-state index contributed by atoms with van der Waals surface area (Å²) < 4.78 is 24.8. The summed E-state index contributed by atoms with van der Waals surface area (Å²) >= 11 is 1.47. The highest BCUT2D eigenvalue weighted by atomic mass is 32.1. The Morgan fingerprint density at radius 1 is 1.20 bits per heavy atom. The summed E-state index contributed by atoms with van der Waals surface area (Å²) in [7, 11) is 2.12. The topological polar surface area (TPSA) is 153 Å². The van der Waals surface area contributed by atoms with Crippen molar-refractivity contribution in [1.29, 1.82) is 5.26 Å². The van der Waals surface area contributed by atoms with Crippen LogP contribution < -0.4 is 15.2 Å². The maximum atomic E-state index is 13.0. The lowest BCUT2D eigenvalue weighted by molar-refractivity contribution is -0.0179. The number of aryl methyl sites for hydroxylation is 1. The number of hydrogen-bond donors (Lipinski definition) is 1. The molecular weight excluding hydrogens is 643 g/mol. The van der Waals surface area contributed by atoms with Gasteiger partial charge in [0.1, 0.15) is 40.3 Å². The summed E-state index contributed by atoms with van der Waals surface area (Å²) in [6.07, 6.45) is 5.43. The van der Waals surface area contributed by atoms with Crippen molar-refractivity contribution in [3.63, 3.8) is 0 Å². The maximum Gasteiger partial charge on any atom is 0.410 e. The Morgan fingerprint density at radius 3 is 2.59 bits per heavy atom. The van der Waals surface area contributed by atoms with Gasteiger partial charge >= 0.3 is 6.09 Å². The summed E-state index contributed by atoms with van der Waals surface area (Å²) in [5.74, 6) is 1.73. The third-order valence-corrected chi connectivity index (χ3v) is 11.2. The van der Waals surface area contributed by atoms with Gasteiger partial charge in [-0.2, -0.15) is 10.2 Å². The molecule has 0 aromatic carbocycles. The summed E-state index contributed by atoms with van der Waals surface area (Å²) in [6, 6.07) is 6.07. The molecule has 0 bridgehead atoms. The fourth-order valence-electron chi connectivity index (χ4n) is 7.87. The number of thiophene rings is 1. The number of carbonyl (C=O) groups is 1. The van der Waals surface area contributed by atoms with Gasteiger partial charge in [0.25, 0.3) is 0 Å². The molecule has 6 rings (SSSR count). The Hall–Kier alpha value is -3.89. The quantitative estimate of drug-likeness (QED) is 0.281. The molecule has 13 heteroatoms. The summed E-state index contributed by atoms with van der Waals surface area (Å²) in [6.45, 7) is 14.8. The maximum absolute atomic E-state index is 13.0. The van der Waals surface area contributed by atoms with Gasteiger partial charge in [-0.3, -0.25) is 4.90 Å². The lowest BCUT2D eigenvalue weighted by Gasteiger charge is -2.42. The number of nitrogens with zero attached hydrogens (tertiary/aromatic N) is 6. The van der Waals surface area contributed by atoms with Gasteiger partial charge in [-0.1, -0.05) is 5.16 Å². The molecule has 1 aliphatic carbocycles. The molecule has 3 aromatic rings. The lowest BCUT2D eigenvalue weighted by atomic mass is 9.72. The van der Waals surface area contributed by atoms with E-state index in [0.29, 0.717) is 52.4 Å². The van der Waals surface area contributed by atoms with E-state index < -0.39 is 11.0 Å². The largest absolute Gasteiger partial charge is 0.490 e. The Balaban J connectivity index is 1.29. The second-order valence-corrected chi connectivity index (χ2v) is 16.3. The monoisotopic (exact) mass is 691 g/mol. The van der Waals surface area contributed by atoms with Gasteiger partial charge in [0.05, 0.1) is 11.0 Å². The van der Waals surface area contributed by atoms with Gasteiger partial charge in [-0.25, -0.2) is 9.78 Å². The number of nitrogen functional groups attached to an aromatic ring is 1. The first-order chi connectivity index (χ1) is 23.2. The van der Waals surface area contributed by atoms with Gasteiger partial charge in [0.2, 0.25) is 17.6 Å². The molecule has 0 spiro atoms. The number of fused-ring (bicyclic) bond motifs is 1. The van der Waals surface area contributed by atoms with Crippen LogP contribution in [0.3, 0.4) is 0 Å². The van der Waals surface area contributed by atoms with Gasteiger partial charge < -0.3 is 29.4 Å². The average molecular weight is 692 g/mol. The van der Waals surface area contributed by atoms with E-state index in [9.17, 15) is 10.1 Å². The van der Waals surface area contributed by atoms with Crippen molar-refractivity contribution in [2.45, 2.75) is 135 Å². The Labute approximate surface area is 292 Å². The number of likely N-dealkylation sites (N-methyl/N-ethyl adjacent to an activating group) is 1. The van der Waals surface area contributed by atoms with Gasteiger partial charge in [0, 0.05) is 53.5 Å². The standard InChI is InChI=1S/C36H49N7O5S/c1-20-15-23(16-21(2)43(20)34(44)47-35(4,5)6)46-24-17-26(39-29(18-24)45-22(3)27-11-10-14-42(27)8)32-40-33(48-41-32)36(7)13-9-12-28-30(36)25(19-37)31(38)49-28/h17-18,20-23,27H,9-16,38H2,1-8H3/t20-,21-,22+,27+,36+/m1/s1. The van der Waals surface area contributed by atoms with Crippen molar-refractivity contribution in [3.8, 4) is 29.2 Å². The molecule has 5 heterocycles. The van der Waals surface area contributed by atoms with Crippen molar-refractivity contribution in [3.05, 3.63) is 34.0 Å². The number of pyridine rings is 1. The smallest absolute Gasteiger partial charge is 0.410 e. The second kappa shape index (κ2) is 13.4. The Bertz CT molecular complexity index is 1710. The molecule has 0 radical (unpaired) electrons. The number of aromatic nitrogens is 3. The van der Waals surface area contributed by atoms with Crippen molar-refractivity contribution in [2.75, 3.05) is 19.3 Å². The van der Waals surface area contributed by atoms with E-state index in [2.05, 4.69) is 30.1 Å². The highest BCUT2D eigenvalue weighted by Crippen LogP contribution is 2.48.